The molecule has 1 heterocycles. The maximum absolute atomic E-state index is 12.1. The number of hydrogen-bond donors (Lipinski definition) is 2. The highest BCUT2D eigenvalue weighted by molar-refractivity contribution is 5.83. The van der Waals surface area contributed by atoms with Crippen molar-refractivity contribution >= 4 is 11.8 Å². The van der Waals surface area contributed by atoms with Crippen molar-refractivity contribution in [1.29, 1.82) is 0 Å². The number of rotatable bonds is 7. The predicted octanol–water partition coefficient (Wildman–Crippen LogP) is 0.700. The second-order valence-electron chi connectivity index (χ2n) is 6.28. The lowest BCUT2D eigenvalue weighted by atomic mass is 10.1. The van der Waals surface area contributed by atoms with Gasteiger partial charge in [-0.15, -0.1) is 0 Å². The van der Waals surface area contributed by atoms with Gasteiger partial charge in [0.25, 0.3) is 0 Å². The fraction of sp³-hybridized carbons (Fsp3) is 0.556. The maximum Gasteiger partial charge on any atom is 0.222 e. The van der Waals surface area contributed by atoms with Crippen molar-refractivity contribution in [2.75, 3.05) is 27.3 Å². The molecule has 1 aromatic carbocycles. The molecule has 2 rings (SSSR count). The summed E-state index contributed by atoms with van der Waals surface area (Å²) in [4.78, 5) is 25.2. The second-order valence-corrected chi connectivity index (χ2v) is 6.28. The summed E-state index contributed by atoms with van der Waals surface area (Å²) in [6, 6.07) is 7.00. The third-order valence-corrected chi connectivity index (χ3v) is 4.11. The zero-order chi connectivity index (χ0) is 18.2. The summed E-state index contributed by atoms with van der Waals surface area (Å²) in [5.41, 5.74) is 0.808. The van der Waals surface area contributed by atoms with E-state index < -0.39 is 0 Å². The first-order valence-corrected chi connectivity index (χ1v) is 8.43. The van der Waals surface area contributed by atoms with Crippen molar-refractivity contribution in [1.82, 2.24) is 10.2 Å². The van der Waals surface area contributed by atoms with Gasteiger partial charge in [-0.25, -0.2) is 0 Å². The van der Waals surface area contributed by atoms with Gasteiger partial charge in [0.2, 0.25) is 11.8 Å². The van der Waals surface area contributed by atoms with Crippen LogP contribution in [0.1, 0.15) is 24.8 Å². The van der Waals surface area contributed by atoms with Crippen LogP contribution in [0.15, 0.2) is 24.3 Å². The van der Waals surface area contributed by atoms with Crippen LogP contribution in [0.25, 0.3) is 0 Å². The average molecular weight is 350 g/mol. The van der Waals surface area contributed by atoms with Crippen LogP contribution in [0.3, 0.4) is 0 Å². The molecule has 1 saturated heterocycles. The van der Waals surface area contributed by atoms with E-state index in [1.54, 1.807) is 38.4 Å². The molecule has 25 heavy (non-hydrogen) atoms. The molecule has 0 saturated carbocycles. The molecule has 138 valence electrons. The summed E-state index contributed by atoms with van der Waals surface area (Å²) in [6.07, 6.45) is 0.720. The first-order valence-electron chi connectivity index (χ1n) is 8.43. The quantitative estimate of drug-likeness (QED) is 0.756. The van der Waals surface area contributed by atoms with Gasteiger partial charge in [-0.3, -0.25) is 9.59 Å². The normalized spacial score (nSPS) is 20.0. The third kappa shape index (κ3) is 6.03. The zero-order valence-corrected chi connectivity index (χ0v) is 14.7. The minimum Gasteiger partial charge on any atom is -0.486 e. The fourth-order valence-electron chi connectivity index (χ4n) is 2.56. The Kier molecular flexibility index (Phi) is 7.21. The first kappa shape index (κ1) is 19.2. The topological polar surface area (TPSA) is 88.1 Å². The Balaban J connectivity index is 1.88. The Hall–Kier alpha value is -2.12. The molecular weight excluding hydrogens is 324 g/mol. The molecule has 1 aromatic rings. The van der Waals surface area contributed by atoms with Crippen LogP contribution >= 0.6 is 0 Å². The Morgan fingerprint density at radius 1 is 1.28 bits per heavy atom. The number of nitrogens with one attached hydrogen (secondary N) is 1. The monoisotopic (exact) mass is 350 g/mol. The zero-order valence-electron chi connectivity index (χ0n) is 14.7. The van der Waals surface area contributed by atoms with Gasteiger partial charge in [0.1, 0.15) is 11.9 Å². The van der Waals surface area contributed by atoms with E-state index >= 15 is 0 Å². The van der Waals surface area contributed by atoms with E-state index in [-0.39, 0.29) is 43.4 Å². The van der Waals surface area contributed by atoms with E-state index in [1.165, 1.54) is 4.90 Å². The number of aliphatic hydroxyl groups excluding tert-OH is 1. The molecule has 2 atom stereocenters. The lowest BCUT2D eigenvalue weighted by Crippen LogP contribution is -2.51. The predicted molar refractivity (Wildman–Crippen MR) is 92.1 cm³/mol. The molecule has 7 nitrogen and oxygen atoms in total. The third-order valence-electron chi connectivity index (χ3n) is 4.11. The molecule has 0 aromatic heterocycles. The number of hydrogen-bond acceptors (Lipinski definition) is 5. The number of amides is 2. The molecule has 0 aliphatic carbocycles. The van der Waals surface area contributed by atoms with Crippen molar-refractivity contribution < 1.29 is 24.2 Å². The van der Waals surface area contributed by atoms with Crippen molar-refractivity contribution in [3.8, 4) is 5.75 Å². The van der Waals surface area contributed by atoms with Crippen LogP contribution in [0, 0.1) is 0 Å². The smallest absolute Gasteiger partial charge is 0.222 e. The summed E-state index contributed by atoms with van der Waals surface area (Å²) >= 11 is 0. The number of carbonyl (C=O) groups is 2. The Labute approximate surface area is 147 Å². The molecule has 0 radical (unpaired) electrons. The molecular formula is C18H26N2O5. The highest BCUT2D eigenvalue weighted by Gasteiger charge is 2.29. The Morgan fingerprint density at radius 3 is 2.64 bits per heavy atom. The summed E-state index contributed by atoms with van der Waals surface area (Å²) in [5, 5.41) is 12.0. The molecule has 0 spiro atoms. The van der Waals surface area contributed by atoms with Crippen LogP contribution in [-0.2, 0) is 20.9 Å². The van der Waals surface area contributed by atoms with Gasteiger partial charge in [0, 0.05) is 33.5 Å². The minimum atomic E-state index is -0.290. The van der Waals surface area contributed by atoms with Crippen molar-refractivity contribution in [3.05, 3.63) is 29.8 Å². The van der Waals surface area contributed by atoms with E-state index in [4.69, 9.17) is 14.6 Å². The Morgan fingerprint density at radius 2 is 2.00 bits per heavy atom. The van der Waals surface area contributed by atoms with Crippen molar-refractivity contribution in [2.24, 2.45) is 0 Å². The summed E-state index contributed by atoms with van der Waals surface area (Å²) < 4.78 is 11.4. The van der Waals surface area contributed by atoms with Gasteiger partial charge in [0.15, 0.2) is 0 Å². The van der Waals surface area contributed by atoms with Crippen LogP contribution in [0.5, 0.6) is 5.75 Å². The van der Waals surface area contributed by atoms with Crippen molar-refractivity contribution in [3.63, 3.8) is 0 Å². The maximum atomic E-state index is 12.1. The van der Waals surface area contributed by atoms with Crippen LogP contribution in [0.4, 0.5) is 0 Å². The highest BCUT2D eigenvalue weighted by Crippen LogP contribution is 2.19. The highest BCUT2D eigenvalue weighted by atomic mass is 16.5. The van der Waals surface area contributed by atoms with E-state index in [1.807, 2.05) is 0 Å². The lowest BCUT2D eigenvalue weighted by Gasteiger charge is -2.32. The standard InChI is InChI=1S/C18H26N2O5/c1-20(2)18(23)8-7-17(22)19-15-9-10-24-12-16(15)25-14-5-3-13(11-21)4-6-14/h3-6,15-16,21H,7-12H2,1-2H3,(H,19,22). The molecule has 0 bridgehead atoms. The molecule has 1 aliphatic rings. The van der Waals surface area contributed by atoms with Gasteiger partial charge >= 0.3 is 0 Å². The van der Waals surface area contributed by atoms with E-state index in [0.717, 1.165) is 5.56 Å². The van der Waals surface area contributed by atoms with Gasteiger partial charge < -0.3 is 24.8 Å². The SMILES string of the molecule is CN(C)C(=O)CCC(=O)NC1CCOCC1Oc1ccc(CO)cc1. The number of nitrogens with zero attached hydrogens (tertiary/aromatic N) is 1. The van der Waals surface area contributed by atoms with Gasteiger partial charge in [-0.2, -0.15) is 0 Å². The minimum absolute atomic E-state index is 0.0167. The summed E-state index contributed by atoms with van der Waals surface area (Å²) in [6.45, 7) is 0.936. The lowest BCUT2D eigenvalue weighted by molar-refractivity contribution is -0.132. The first-order chi connectivity index (χ1) is 12.0. The van der Waals surface area contributed by atoms with Crippen LogP contribution in [-0.4, -0.2) is 61.3 Å². The summed E-state index contributed by atoms with van der Waals surface area (Å²) in [7, 11) is 3.34. The molecule has 7 heteroatoms. The van der Waals surface area contributed by atoms with Gasteiger partial charge in [-0.1, -0.05) is 12.1 Å². The average Bonchev–Trinajstić information content (AvgIpc) is 2.62. The summed E-state index contributed by atoms with van der Waals surface area (Å²) in [5.74, 6) is 0.431. The molecule has 2 N–H and O–H groups in total. The van der Waals surface area contributed by atoms with Gasteiger partial charge in [-0.05, 0) is 24.1 Å². The van der Waals surface area contributed by atoms with E-state index in [0.29, 0.717) is 25.4 Å². The molecule has 2 unspecified atom stereocenters. The van der Waals surface area contributed by atoms with E-state index in [2.05, 4.69) is 5.32 Å². The molecule has 1 fully saturated rings. The van der Waals surface area contributed by atoms with Gasteiger partial charge in [0.05, 0.1) is 19.3 Å². The number of carbonyl (C=O) groups excluding carboxylic acids is 2. The number of ether oxygens (including phenoxy) is 2. The molecule has 2 amide bonds. The number of aliphatic hydroxyl groups is 1. The van der Waals surface area contributed by atoms with Crippen molar-refractivity contribution in [2.45, 2.75) is 38.0 Å². The molecule has 1 aliphatic heterocycles. The number of benzene rings is 1. The largest absolute Gasteiger partial charge is 0.486 e. The van der Waals surface area contributed by atoms with E-state index in [9.17, 15) is 9.59 Å². The van der Waals surface area contributed by atoms with Crippen LogP contribution in [0.2, 0.25) is 0 Å². The second kappa shape index (κ2) is 9.39. The van der Waals surface area contributed by atoms with Crippen LogP contribution < -0.4 is 10.1 Å². The Bertz CT molecular complexity index is 573. The fourth-order valence-corrected chi connectivity index (χ4v) is 2.56.